The molecule has 0 amide bonds. The number of fused-ring (bicyclic) bond motifs is 10. The van der Waals surface area contributed by atoms with Crippen molar-refractivity contribution >= 4 is 0 Å². The third-order valence-electron chi connectivity index (χ3n) is 11.4. The number of aromatic nitrogens is 3. The Morgan fingerprint density at radius 1 is 0.236 bits per heavy atom. The molecule has 1 aromatic heterocycles. The molecule has 2 aliphatic carbocycles. The van der Waals surface area contributed by atoms with Gasteiger partial charge in [-0.05, 0) is 72.8 Å². The minimum atomic E-state index is -0.344. The highest BCUT2D eigenvalue weighted by atomic mass is 15.0. The summed E-state index contributed by atoms with van der Waals surface area (Å²) in [4.78, 5) is 14.8. The molecule has 0 radical (unpaired) electrons. The molecule has 9 aromatic rings. The molecule has 1 spiro atoms. The van der Waals surface area contributed by atoms with E-state index in [1.807, 2.05) is 60.7 Å². The van der Waals surface area contributed by atoms with Crippen molar-refractivity contribution in [3.63, 3.8) is 0 Å². The fourth-order valence-electron chi connectivity index (χ4n) is 8.99. The summed E-state index contributed by atoms with van der Waals surface area (Å²) in [5.74, 6) is 1.96. The van der Waals surface area contributed by atoms with Crippen LogP contribution in [0.4, 0.5) is 0 Å². The molecule has 0 saturated heterocycles. The number of hydrogen-bond acceptors (Lipinski definition) is 3. The molecule has 256 valence electrons. The van der Waals surface area contributed by atoms with Gasteiger partial charge in [-0.3, -0.25) is 0 Å². The van der Waals surface area contributed by atoms with Crippen LogP contribution >= 0.6 is 0 Å². The van der Waals surface area contributed by atoms with Gasteiger partial charge in [0, 0.05) is 16.7 Å². The second kappa shape index (κ2) is 12.4. The van der Waals surface area contributed by atoms with E-state index >= 15 is 0 Å². The van der Waals surface area contributed by atoms with Gasteiger partial charge in [-0.1, -0.05) is 194 Å². The Labute approximate surface area is 320 Å². The van der Waals surface area contributed by atoms with Crippen LogP contribution in [0.1, 0.15) is 22.3 Å². The Morgan fingerprint density at radius 2 is 0.564 bits per heavy atom. The number of benzene rings is 8. The second-order valence-electron chi connectivity index (χ2n) is 14.3. The first-order valence-electron chi connectivity index (χ1n) is 18.8. The van der Waals surface area contributed by atoms with Crippen molar-refractivity contribution in [3.05, 3.63) is 222 Å². The van der Waals surface area contributed by atoms with Crippen molar-refractivity contribution in [2.75, 3.05) is 0 Å². The molecule has 11 rings (SSSR count). The average Bonchev–Trinajstić information content (AvgIpc) is 3.74. The first-order valence-corrected chi connectivity index (χ1v) is 18.8. The molecular weight excluding hydrogens is 667 g/mol. The Bertz CT molecular complexity index is 2810. The quantitative estimate of drug-likeness (QED) is 0.179. The van der Waals surface area contributed by atoms with E-state index in [2.05, 4.69) is 140 Å². The minimum Gasteiger partial charge on any atom is -0.208 e. The Morgan fingerprint density at radius 3 is 1.05 bits per heavy atom. The van der Waals surface area contributed by atoms with E-state index in [9.17, 15) is 0 Å². The van der Waals surface area contributed by atoms with E-state index in [1.54, 1.807) is 0 Å². The summed E-state index contributed by atoms with van der Waals surface area (Å²) >= 11 is 0. The molecule has 3 heteroatoms. The zero-order valence-corrected chi connectivity index (χ0v) is 29.9. The standard InChI is InChI=1S/C52H33N3/c1-3-15-35(16-4-1)49-53-50(36-17-5-2-6-18-36)55-51(54-49)37-29-27-34(28-30-37)39-19-7-8-20-40(39)38-31-32-48-44(33-38)43-23-11-14-26-47(43)52(48)45-24-12-9-21-41(45)42-22-10-13-25-46(42)52/h1-33H. The zero-order valence-electron chi connectivity index (χ0n) is 29.9. The van der Waals surface area contributed by atoms with Crippen molar-refractivity contribution < 1.29 is 0 Å². The average molecular weight is 700 g/mol. The monoisotopic (exact) mass is 699 g/mol. The maximum Gasteiger partial charge on any atom is 0.164 e. The van der Waals surface area contributed by atoms with Gasteiger partial charge in [0.25, 0.3) is 0 Å². The van der Waals surface area contributed by atoms with Crippen LogP contribution < -0.4 is 0 Å². The molecule has 55 heavy (non-hydrogen) atoms. The predicted molar refractivity (Wildman–Crippen MR) is 223 cm³/mol. The molecule has 0 bridgehead atoms. The van der Waals surface area contributed by atoms with Crippen molar-refractivity contribution in [2.45, 2.75) is 5.41 Å². The van der Waals surface area contributed by atoms with E-state index < -0.39 is 0 Å². The molecule has 0 N–H and O–H groups in total. The normalized spacial score (nSPS) is 12.9. The van der Waals surface area contributed by atoms with Gasteiger partial charge in [-0.15, -0.1) is 0 Å². The molecule has 0 unspecified atom stereocenters. The van der Waals surface area contributed by atoms with Crippen LogP contribution in [0, 0.1) is 0 Å². The number of rotatable bonds is 5. The van der Waals surface area contributed by atoms with Gasteiger partial charge < -0.3 is 0 Å². The molecule has 0 fully saturated rings. The van der Waals surface area contributed by atoms with Crippen LogP contribution in [0.25, 0.3) is 78.7 Å². The summed E-state index contributed by atoms with van der Waals surface area (Å²) in [5, 5.41) is 0. The van der Waals surface area contributed by atoms with E-state index in [0.29, 0.717) is 17.5 Å². The maximum atomic E-state index is 4.95. The van der Waals surface area contributed by atoms with Crippen molar-refractivity contribution in [1.29, 1.82) is 0 Å². The first-order chi connectivity index (χ1) is 27.3. The van der Waals surface area contributed by atoms with E-state index in [1.165, 1.54) is 61.2 Å². The Hall–Kier alpha value is -7.23. The molecule has 0 aliphatic heterocycles. The highest BCUT2D eigenvalue weighted by Crippen LogP contribution is 2.63. The van der Waals surface area contributed by atoms with Gasteiger partial charge in [0.1, 0.15) is 0 Å². The third kappa shape index (κ3) is 4.80. The molecule has 0 saturated carbocycles. The first kappa shape index (κ1) is 31.3. The second-order valence-corrected chi connectivity index (χ2v) is 14.3. The summed E-state index contributed by atoms with van der Waals surface area (Å²) in [6, 6.07) is 71.6. The van der Waals surface area contributed by atoms with Crippen LogP contribution in [0.15, 0.2) is 200 Å². The van der Waals surface area contributed by atoms with Crippen LogP contribution in [0.2, 0.25) is 0 Å². The highest BCUT2D eigenvalue weighted by Gasteiger charge is 2.51. The zero-order chi connectivity index (χ0) is 36.3. The fraction of sp³-hybridized carbons (Fsp3) is 0.0192. The lowest BCUT2D eigenvalue weighted by molar-refractivity contribution is 0.794. The van der Waals surface area contributed by atoms with Crippen LogP contribution in [-0.4, -0.2) is 15.0 Å². The Kier molecular flexibility index (Phi) is 7.08. The summed E-state index contributed by atoms with van der Waals surface area (Å²) in [6.45, 7) is 0. The van der Waals surface area contributed by atoms with E-state index in [4.69, 9.17) is 15.0 Å². The summed E-state index contributed by atoms with van der Waals surface area (Å²) in [7, 11) is 0. The summed E-state index contributed by atoms with van der Waals surface area (Å²) in [5.41, 5.74) is 17.9. The van der Waals surface area contributed by atoms with E-state index in [0.717, 1.165) is 22.3 Å². The van der Waals surface area contributed by atoms with Crippen LogP contribution in [0.5, 0.6) is 0 Å². The summed E-state index contributed by atoms with van der Waals surface area (Å²) in [6.07, 6.45) is 0. The predicted octanol–water partition coefficient (Wildman–Crippen LogP) is 12.6. The van der Waals surface area contributed by atoms with Crippen molar-refractivity contribution in [2.24, 2.45) is 0 Å². The molecule has 8 aromatic carbocycles. The molecule has 3 nitrogen and oxygen atoms in total. The third-order valence-corrected chi connectivity index (χ3v) is 11.4. The van der Waals surface area contributed by atoms with Gasteiger partial charge in [-0.25, -0.2) is 15.0 Å². The molecule has 1 heterocycles. The smallest absolute Gasteiger partial charge is 0.164 e. The van der Waals surface area contributed by atoms with Gasteiger partial charge in [0.15, 0.2) is 17.5 Å². The largest absolute Gasteiger partial charge is 0.208 e. The van der Waals surface area contributed by atoms with E-state index in [-0.39, 0.29) is 5.41 Å². The topological polar surface area (TPSA) is 38.7 Å². The lowest BCUT2D eigenvalue weighted by Crippen LogP contribution is -2.25. The van der Waals surface area contributed by atoms with Crippen molar-refractivity contribution in [1.82, 2.24) is 15.0 Å². The van der Waals surface area contributed by atoms with Crippen LogP contribution in [-0.2, 0) is 5.41 Å². The van der Waals surface area contributed by atoms with Gasteiger partial charge in [-0.2, -0.15) is 0 Å². The van der Waals surface area contributed by atoms with Gasteiger partial charge >= 0.3 is 0 Å². The lowest BCUT2D eigenvalue weighted by atomic mass is 9.70. The maximum absolute atomic E-state index is 4.95. The van der Waals surface area contributed by atoms with Gasteiger partial charge in [0.2, 0.25) is 0 Å². The highest BCUT2D eigenvalue weighted by molar-refractivity contribution is 5.97. The minimum absolute atomic E-state index is 0.344. The van der Waals surface area contributed by atoms with Gasteiger partial charge in [0.05, 0.1) is 5.41 Å². The lowest BCUT2D eigenvalue weighted by Gasteiger charge is -2.30. The molecular formula is C52H33N3. The van der Waals surface area contributed by atoms with Crippen molar-refractivity contribution in [3.8, 4) is 78.7 Å². The summed E-state index contributed by atoms with van der Waals surface area (Å²) < 4.78 is 0. The number of nitrogens with zero attached hydrogens (tertiary/aromatic N) is 3. The molecule has 0 atom stereocenters. The Balaban J connectivity index is 1.01. The number of hydrogen-bond donors (Lipinski definition) is 0. The van der Waals surface area contributed by atoms with Crippen LogP contribution in [0.3, 0.4) is 0 Å². The molecule has 2 aliphatic rings. The fourth-order valence-corrected chi connectivity index (χ4v) is 8.99. The SMILES string of the molecule is c1ccc(-c2nc(-c3ccccc3)nc(-c3ccc(-c4ccccc4-c4ccc5c(c4)-c4ccccc4C54c5ccccc5-c5ccccc54)cc3)n2)cc1.